The molecule has 3 aromatic carbocycles. The van der Waals surface area contributed by atoms with Crippen molar-refractivity contribution in [3.05, 3.63) is 93.9 Å². The van der Waals surface area contributed by atoms with Gasteiger partial charge in [-0.3, -0.25) is 19.1 Å². The summed E-state index contributed by atoms with van der Waals surface area (Å²) in [6.45, 7) is 13.8. The summed E-state index contributed by atoms with van der Waals surface area (Å²) in [5, 5.41) is 23.1. The highest BCUT2D eigenvalue weighted by Gasteiger charge is 2.31. The van der Waals surface area contributed by atoms with Gasteiger partial charge in [0.2, 0.25) is 0 Å². The number of piperazine rings is 1. The molecule has 11 nitrogen and oxygen atoms in total. The van der Waals surface area contributed by atoms with E-state index in [1.165, 1.54) is 10.6 Å². The number of pyridine rings is 2. The monoisotopic (exact) mass is 738 g/mol. The minimum absolute atomic E-state index is 0.0154. The SMILES string of the molecule is COc1cc2cc(CO)c(CO)c(-c3ccnc(-n4c(=O)cc(C(=O)N5CCN(CC(O[SiH](C)C)C(C)(C)C)CC5)c5ccccc54)c3)c2cc1OC. The highest BCUT2D eigenvalue weighted by molar-refractivity contribution is 6.48. The number of hydrogen-bond donors (Lipinski definition) is 2. The molecule has 5 aromatic rings. The van der Waals surface area contributed by atoms with Crippen molar-refractivity contribution in [3.8, 4) is 28.4 Å². The van der Waals surface area contributed by atoms with Gasteiger partial charge >= 0.3 is 0 Å². The molecule has 2 aromatic heterocycles. The van der Waals surface area contributed by atoms with E-state index in [-0.39, 0.29) is 36.2 Å². The Hall–Kier alpha value is -4.59. The molecule has 12 heteroatoms. The average Bonchev–Trinajstić information content (AvgIpc) is 3.15. The van der Waals surface area contributed by atoms with E-state index >= 15 is 0 Å². The molecule has 1 amide bonds. The van der Waals surface area contributed by atoms with Crippen LogP contribution in [0.25, 0.3) is 38.6 Å². The van der Waals surface area contributed by atoms with Crippen LogP contribution in [0.1, 0.15) is 42.3 Å². The number of carbonyl (C=O) groups excluding carboxylic acids is 1. The van der Waals surface area contributed by atoms with E-state index in [1.807, 2.05) is 47.4 Å². The number of hydrogen-bond acceptors (Lipinski definition) is 9. The summed E-state index contributed by atoms with van der Waals surface area (Å²) in [6, 6.07) is 17.9. The molecule has 6 rings (SSSR count). The van der Waals surface area contributed by atoms with Crippen LogP contribution in [0.15, 0.2) is 71.7 Å². The predicted octanol–water partition coefficient (Wildman–Crippen LogP) is 5.38. The van der Waals surface area contributed by atoms with E-state index in [0.717, 1.165) is 30.4 Å². The first kappa shape index (κ1) is 38.1. The van der Waals surface area contributed by atoms with Crippen LogP contribution in [0.4, 0.5) is 0 Å². The smallest absolute Gasteiger partial charge is 0.257 e. The first-order valence-corrected chi connectivity index (χ1v) is 20.9. The summed E-state index contributed by atoms with van der Waals surface area (Å²) in [5.41, 5.74) is 3.00. The Morgan fingerprint density at radius 2 is 1.60 bits per heavy atom. The number of carbonyl (C=O) groups is 1. The second-order valence-corrected chi connectivity index (χ2v) is 17.3. The predicted molar refractivity (Wildman–Crippen MR) is 211 cm³/mol. The van der Waals surface area contributed by atoms with E-state index in [9.17, 15) is 19.8 Å². The molecule has 1 aliphatic heterocycles. The zero-order chi connectivity index (χ0) is 38.0. The van der Waals surface area contributed by atoms with Gasteiger partial charge in [0.05, 0.1) is 44.6 Å². The fourth-order valence-corrected chi connectivity index (χ4v) is 8.41. The lowest BCUT2D eigenvalue weighted by molar-refractivity contribution is 0.0274. The summed E-state index contributed by atoms with van der Waals surface area (Å²) >= 11 is 0. The van der Waals surface area contributed by atoms with Crippen LogP contribution in [-0.2, 0) is 17.6 Å². The number of aromatic nitrogens is 2. The molecular formula is C41H50N4O7Si. The second-order valence-electron chi connectivity index (χ2n) is 14.9. The van der Waals surface area contributed by atoms with Gasteiger partial charge in [-0.15, -0.1) is 0 Å². The van der Waals surface area contributed by atoms with Crippen molar-refractivity contribution < 1.29 is 28.9 Å². The van der Waals surface area contributed by atoms with Gasteiger partial charge < -0.3 is 29.0 Å². The molecule has 0 radical (unpaired) electrons. The summed E-state index contributed by atoms with van der Waals surface area (Å²) in [4.78, 5) is 37.0. The zero-order valence-corrected chi connectivity index (χ0v) is 32.8. The van der Waals surface area contributed by atoms with E-state index in [4.69, 9.17) is 13.9 Å². The molecule has 0 aliphatic carbocycles. The minimum Gasteiger partial charge on any atom is -0.493 e. The van der Waals surface area contributed by atoms with Gasteiger partial charge in [-0.1, -0.05) is 39.0 Å². The number of para-hydroxylation sites is 1. The molecule has 0 saturated carbocycles. The van der Waals surface area contributed by atoms with Crippen molar-refractivity contribution in [3.63, 3.8) is 0 Å². The van der Waals surface area contributed by atoms with Crippen molar-refractivity contribution in [1.29, 1.82) is 0 Å². The molecule has 1 saturated heterocycles. The minimum atomic E-state index is -1.22. The molecule has 280 valence electrons. The number of methoxy groups -OCH3 is 2. The van der Waals surface area contributed by atoms with Gasteiger partial charge in [-0.05, 0) is 87.9 Å². The fourth-order valence-electron chi connectivity index (χ4n) is 7.26. The molecule has 2 N–H and O–H groups in total. The van der Waals surface area contributed by atoms with Crippen molar-refractivity contribution >= 4 is 36.6 Å². The third-order valence-corrected chi connectivity index (χ3v) is 10.9. The Labute approximate surface area is 312 Å². The number of aliphatic hydroxyl groups is 2. The summed E-state index contributed by atoms with van der Waals surface area (Å²) < 4.78 is 19.1. The molecule has 1 unspecified atom stereocenters. The highest BCUT2D eigenvalue weighted by Crippen LogP contribution is 2.41. The Morgan fingerprint density at radius 3 is 2.25 bits per heavy atom. The maximum Gasteiger partial charge on any atom is 0.257 e. The van der Waals surface area contributed by atoms with Crippen molar-refractivity contribution in [2.45, 2.75) is 53.2 Å². The third kappa shape index (κ3) is 7.74. The first-order chi connectivity index (χ1) is 25.4. The molecule has 0 spiro atoms. The van der Waals surface area contributed by atoms with Gasteiger partial charge in [0, 0.05) is 50.4 Å². The van der Waals surface area contributed by atoms with Crippen LogP contribution < -0.4 is 15.0 Å². The molecule has 3 heterocycles. The van der Waals surface area contributed by atoms with Crippen LogP contribution in [0, 0.1) is 5.41 Å². The van der Waals surface area contributed by atoms with Crippen LogP contribution in [0.2, 0.25) is 13.1 Å². The number of nitrogens with zero attached hydrogens (tertiary/aromatic N) is 4. The molecule has 1 aliphatic rings. The topological polar surface area (TPSA) is 127 Å². The Bertz CT molecular complexity index is 2180. The van der Waals surface area contributed by atoms with Crippen LogP contribution in [0.3, 0.4) is 0 Å². The quantitative estimate of drug-likeness (QED) is 0.172. The van der Waals surface area contributed by atoms with Gasteiger partial charge in [-0.2, -0.15) is 0 Å². The Kier molecular flexibility index (Phi) is 11.4. The molecular weight excluding hydrogens is 689 g/mol. The molecule has 1 fully saturated rings. The van der Waals surface area contributed by atoms with Crippen LogP contribution in [0.5, 0.6) is 11.5 Å². The normalized spacial score (nSPS) is 14.6. The number of fused-ring (bicyclic) bond motifs is 2. The van der Waals surface area contributed by atoms with Crippen LogP contribution >= 0.6 is 0 Å². The van der Waals surface area contributed by atoms with E-state index in [0.29, 0.717) is 69.1 Å². The molecule has 53 heavy (non-hydrogen) atoms. The maximum atomic E-state index is 14.1. The van der Waals surface area contributed by atoms with Crippen LogP contribution in [-0.4, -0.2) is 97.6 Å². The largest absolute Gasteiger partial charge is 0.493 e. The fraction of sp³-hybridized carbons (Fsp3) is 0.390. The zero-order valence-electron chi connectivity index (χ0n) is 31.7. The lowest BCUT2D eigenvalue weighted by Gasteiger charge is -2.40. The van der Waals surface area contributed by atoms with Gasteiger partial charge in [-0.25, -0.2) is 4.98 Å². The third-order valence-electron chi connectivity index (χ3n) is 10.1. The Balaban J connectivity index is 1.36. The summed E-state index contributed by atoms with van der Waals surface area (Å²) in [7, 11) is 1.89. The maximum absolute atomic E-state index is 14.1. The number of ether oxygens (including phenoxy) is 2. The number of rotatable bonds is 11. The molecule has 1 atom stereocenters. The van der Waals surface area contributed by atoms with Gasteiger partial charge in [0.25, 0.3) is 11.5 Å². The van der Waals surface area contributed by atoms with E-state index in [1.54, 1.807) is 32.5 Å². The number of benzene rings is 3. The first-order valence-electron chi connectivity index (χ1n) is 18.1. The van der Waals surface area contributed by atoms with Gasteiger partial charge in [0.1, 0.15) is 5.82 Å². The number of aliphatic hydroxyl groups excluding tert-OH is 2. The van der Waals surface area contributed by atoms with Crippen molar-refractivity contribution in [2.24, 2.45) is 5.41 Å². The van der Waals surface area contributed by atoms with Crippen molar-refractivity contribution in [1.82, 2.24) is 19.4 Å². The second kappa shape index (κ2) is 15.8. The highest BCUT2D eigenvalue weighted by atomic mass is 28.3. The van der Waals surface area contributed by atoms with E-state index in [2.05, 4.69) is 43.7 Å². The van der Waals surface area contributed by atoms with Gasteiger partial charge in [0.15, 0.2) is 20.5 Å². The van der Waals surface area contributed by atoms with Crippen molar-refractivity contribution in [2.75, 3.05) is 46.9 Å². The molecule has 0 bridgehead atoms. The lowest BCUT2D eigenvalue weighted by atomic mass is 9.89. The standard InChI is InChI=1S/C41H50N4O7Si/c1-41(2,3)36(52-53(6)7)23-43-14-16-44(17-15-43)40(49)31-22-38(48)45(33-11-9-8-10-29(31)33)37-20-26(12-13-42-37)39-30-21-35(51-5)34(50-4)19-27(30)18-28(24-46)32(39)25-47/h8-13,18-22,36,46-47,53H,14-17,23-25H2,1-7H3. The number of amides is 1. The summed E-state index contributed by atoms with van der Waals surface area (Å²) in [5.74, 6) is 1.22. The summed E-state index contributed by atoms with van der Waals surface area (Å²) in [6.07, 6.45) is 1.74. The van der Waals surface area contributed by atoms with E-state index < -0.39 is 9.04 Å². The Morgan fingerprint density at radius 1 is 0.906 bits per heavy atom. The lowest BCUT2D eigenvalue weighted by Crippen LogP contribution is -2.52. The average molecular weight is 739 g/mol.